The number of anilines is 1. The summed E-state index contributed by atoms with van der Waals surface area (Å²) in [6.45, 7) is 1.87. The van der Waals surface area contributed by atoms with Crippen molar-refractivity contribution in [2.75, 3.05) is 5.73 Å². The summed E-state index contributed by atoms with van der Waals surface area (Å²) in [5, 5.41) is 0. The van der Waals surface area contributed by atoms with E-state index in [0.29, 0.717) is 11.6 Å². The second-order valence-corrected chi connectivity index (χ2v) is 4.19. The molecule has 0 aliphatic heterocycles. The summed E-state index contributed by atoms with van der Waals surface area (Å²) in [5.41, 5.74) is 6.34. The van der Waals surface area contributed by atoms with Crippen molar-refractivity contribution < 1.29 is 4.74 Å². The molecule has 0 fully saturated rings. The molecule has 2 rings (SSSR count). The number of hydrogen-bond acceptors (Lipinski definition) is 4. The molecule has 0 amide bonds. The molecule has 82 valence electrons. The van der Waals surface area contributed by atoms with E-state index < -0.39 is 0 Å². The number of hydrogen-bond donors (Lipinski definition) is 1. The lowest BCUT2D eigenvalue weighted by Crippen LogP contribution is -1.98. The quantitative estimate of drug-likeness (QED) is 0.918. The van der Waals surface area contributed by atoms with Crippen LogP contribution >= 0.6 is 15.9 Å². The maximum absolute atomic E-state index is 5.61. The Morgan fingerprint density at radius 1 is 1.38 bits per heavy atom. The number of halogens is 1. The molecular weight excluding hydrogens is 270 g/mol. The topological polar surface area (TPSA) is 61.0 Å². The summed E-state index contributed by atoms with van der Waals surface area (Å²) < 4.78 is 6.56. The Kier molecular flexibility index (Phi) is 3.05. The first-order valence-electron chi connectivity index (χ1n) is 4.67. The van der Waals surface area contributed by atoms with Gasteiger partial charge >= 0.3 is 0 Å². The summed E-state index contributed by atoms with van der Waals surface area (Å²) in [7, 11) is 0. The van der Waals surface area contributed by atoms with Gasteiger partial charge in [0.05, 0.1) is 0 Å². The first-order valence-corrected chi connectivity index (χ1v) is 5.47. The van der Waals surface area contributed by atoms with Gasteiger partial charge in [-0.3, -0.25) is 0 Å². The Balaban J connectivity index is 2.30. The molecule has 0 atom stereocenters. The predicted molar refractivity (Wildman–Crippen MR) is 65.4 cm³/mol. The van der Waals surface area contributed by atoms with Crippen molar-refractivity contribution in [2.24, 2.45) is 0 Å². The van der Waals surface area contributed by atoms with Gasteiger partial charge in [0.1, 0.15) is 5.75 Å². The lowest BCUT2D eigenvalue weighted by molar-refractivity contribution is 0.458. The van der Waals surface area contributed by atoms with Gasteiger partial charge in [-0.15, -0.1) is 0 Å². The number of nitrogens with zero attached hydrogens (tertiary/aromatic N) is 2. The molecule has 0 aliphatic carbocycles. The number of nitrogens with two attached hydrogens (primary N) is 1. The van der Waals surface area contributed by atoms with E-state index in [9.17, 15) is 0 Å². The molecule has 1 aromatic carbocycles. The normalized spacial score (nSPS) is 10.1. The number of ether oxygens (including phenoxy) is 1. The molecule has 0 spiro atoms. The first kappa shape index (κ1) is 10.9. The van der Waals surface area contributed by atoms with E-state index in [1.165, 1.54) is 0 Å². The summed E-state index contributed by atoms with van der Waals surface area (Å²) in [4.78, 5) is 7.90. The lowest BCUT2D eigenvalue weighted by atomic mass is 10.3. The van der Waals surface area contributed by atoms with Crippen LogP contribution in [-0.4, -0.2) is 9.97 Å². The molecule has 0 unspecified atom stereocenters. The van der Waals surface area contributed by atoms with Gasteiger partial charge in [-0.2, -0.15) is 4.98 Å². The van der Waals surface area contributed by atoms with Crippen LogP contribution in [0.2, 0.25) is 0 Å². The average molecular weight is 280 g/mol. The lowest BCUT2D eigenvalue weighted by Gasteiger charge is -2.07. The van der Waals surface area contributed by atoms with Crippen LogP contribution in [0.15, 0.2) is 34.9 Å². The summed E-state index contributed by atoms with van der Waals surface area (Å²) in [6, 6.07) is 7.52. The molecule has 0 bridgehead atoms. The van der Waals surface area contributed by atoms with E-state index in [-0.39, 0.29) is 5.95 Å². The van der Waals surface area contributed by atoms with Gasteiger partial charge in [-0.25, -0.2) is 4.98 Å². The van der Waals surface area contributed by atoms with Gasteiger partial charge in [0.2, 0.25) is 11.8 Å². The molecular formula is C11H10BrN3O. The Morgan fingerprint density at radius 2 is 2.19 bits per heavy atom. The molecule has 2 N–H and O–H groups in total. The zero-order valence-electron chi connectivity index (χ0n) is 8.64. The maximum Gasteiger partial charge on any atom is 0.226 e. The minimum atomic E-state index is 0.204. The Labute approximate surface area is 102 Å². The third kappa shape index (κ3) is 2.49. The minimum absolute atomic E-state index is 0.204. The highest BCUT2D eigenvalue weighted by Crippen LogP contribution is 2.25. The fourth-order valence-corrected chi connectivity index (χ4v) is 1.56. The van der Waals surface area contributed by atoms with Crippen LogP contribution in [0.25, 0.3) is 0 Å². The van der Waals surface area contributed by atoms with Crippen molar-refractivity contribution in [3.05, 3.63) is 40.5 Å². The highest BCUT2D eigenvalue weighted by atomic mass is 79.9. The summed E-state index contributed by atoms with van der Waals surface area (Å²) in [5.74, 6) is 1.39. The van der Waals surface area contributed by atoms with Crippen molar-refractivity contribution in [2.45, 2.75) is 6.92 Å². The highest BCUT2D eigenvalue weighted by Gasteiger charge is 2.04. The van der Waals surface area contributed by atoms with E-state index >= 15 is 0 Å². The standard InChI is InChI=1S/C11H10BrN3O/c1-7-6-14-11(13)15-10(7)16-9-4-2-3-8(12)5-9/h2-6H,1H3,(H2,13,14,15). The van der Waals surface area contributed by atoms with E-state index in [1.807, 2.05) is 31.2 Å². The fraction of sp³-hybridized carbons (Fsp3) is 0.0909. The predicted octanol–water partition coefficient (Wildman–Crippen LogP) is 2.92. The number of rotatable bonds is 2. The van der Waals surface area contributed by atoms with Crippen molar-refractivity contribution in [1.29, 1.82) is 0 Å². The van der Waals surface area contributed by atoms with Crippen LogP contribution in [0, 0.1) is 6.92 Å². The smallest absolute Gasteiger partial charge is 0.226 e. The van der Waals surface area contributed by atoms with Crippen molar-refractivity contribution >= 4 is 21.9 Å². The van der Waals surface area contributed by atoms with Gasteiger partial charge in [0.15, 0.2) is 0 Å². The Morgan fingerprint density at radius 3 is 2.94 bits per heavy atom. The van der Waals surface area contributed by atoms with Gasteiger partial charge < -0.3 is 10.5 Å². The molecule has 5 heteroatoms. The molecule has 2 aromatic rings. The third-order valence-corrected chi connectivity index (χ3v) is 2.45. The fourth-order valence-electron chi connectivity index (χ4n) is 1.18. The van der Waals surface area contributed by atoms with Crippen LogP contribution < -0.4 is 10.5 Å². The molecule has 4 nitrogen and oxygen atoms in total. The van der Waals surface area contributed by atoms with E-state index in [0.717, 1.165) is 10.0 Å². The zero-order valence-corrected chi connectivity index (χ0v) is 10.2. The number of benzene rings is 1. The molecule has 0 aliphatic rings. The van der Waals surface area contributed by atoms with Crippen molar-refractivity contribution in [3.8, 4) is 11.6 Å². The third-order valence-electron chi connectivity index (χ3n) is 1.95. The van der Waals surface area contributed by atoms with Gasteiger partial charge in [-0.05, 0) is 25.1 Å². The number of nitrogen functional groups attached to an aromatic ring is 1. The van der Waals surface area contributed by atoms with Crippen LogP contribution in [0.3, 0.4) is 0 Å². The van der Waals surface area contributed by atoms with Crippen molar-refractivity contribution in [3.63, 3.8) is 0 Å². The Bertz CT molecular complexity index is 516. The largest absolute Gasteiger partial charge is 0.439 e. The molecule has 0 saturated heterocycles. The van der Waals surface area contributed by atoms with E-state index in [2.05, 4.69) is 25.9 Å². The second-order valence-electron chi connectivity index (χ2n) is 3.28. The molecule has 1 heterocycles. The SMILES string of the molecule is Cc1cnc(N)nc1Oc1cccc(Br)c1. The monoisotopic (exact) mass is 279 g/mol. The maximum atomic E-state index is 5.61. The Hall–Kier alpha value is -1.62. The molecule has 16 heavy (non-hydrogen) atoms. The average Bonchev–Trinajstić information content (AvgIpc) is 2.24. The van der Waals surface area contributed by atoms with Crippen LogP contribution in [0.4, 0.5) is 5.95 Å². The summed E-state index contributed by atoms with van der Waals surface area (Å²) >= 11 is 3.37. The van der Waals surface area contributed by atoms with E-state index in [4.69, 9.17) is 10.5 Å². The van der Waals surface area contributed by atoms with Crippen LogP contribution in [0.1, 0.15) is 5.56 Å². The molecule has 0 radical (unpaired) electrons. The van der Waals surface area contributed by atoms with Crippen LogP contribution in [-0.2, 0) is 0 Å². The summed E-state index contributed by atoms with van der Waals surface area (Å²) in [6.07, 6.45) is 1.63. The van der Waals surface area contributed by atoms with Gasteiger partial charge in [-0.1, -0.05) is 22.0 Å². The minimum Gasteiger partial charge on any atom is -0.439 e. The van der Waals surface area contributed by atoms with Crippen molar-refractivity contribution in [1.82, 2.24) is 9.97 Å². The highest BCUT2D eigenvalue weighted by molar-refractivity contribution is 9.10. The van der Waals surface area contributed by atoms with Crippen LogP contribution in [0.5, 0.6) is 11.6 Å². The molecule has 0 saturated carbocycles. The number of aromatic nitrogens is 2. The van der Waals surface area contributed by atoms with Gasteiger partial charge in [0.25, 0.3) is 0 Å². The molecule has 1 aromatic heterocycles. The van der Waals surface area contributed by atoms with Gasteiger partial charge in [0, 0.05) is 16.2 Å². The number of aryl methyl sites for hydroxylation is 1. The zero-order chi connectivity index (χ0) is 11.5. The first-order chi connectivity index (χ1) is 7.65. The van der Waals surface area contributed by atoms with E-state index in [1.54, 1.807) is 6.20 Å². The second kappa shape index (κ2) is 4.49.